The molecule has 0 fully saturated rings. The summed E-state index contributed by atoms with van der Waals surface area (Å²) in [4.78, 5) is 0. The molecule has 0 aliphatic carbocycles. The fourth-order valence-electron chi connectivity index (χ4n) is 1.29. The maximum absolute atomic E-state index is 4.62. The predicted molar refractivity (Wildman–Crippen MR) is 81.4 cm³/mol. The average molecular weight is 247 g/mol. The standard InChI is InChI=1S/C13H28S.C2H6/c1-10(12(3,4)5)8-9-11(2)13(6,7)14;1-2/h10-11,14H,8-9H2,1-7H3;1-2H3. The van der Waals surface area contributed by atoms with Gasteiger partial charge in [0.05, 0.1) is 0 Å². The Morgan fingerprint density at radius 3 is 1.38 bits per heavy atom. The SMILES string of the molecule is CC.CC(CCC(C)C(C)(C)S)C(C)(C)C. The number of thiol groups is 1. The van der Waals surface area contributed by atoms with E-state index in [1.807, 2.05) is 13.8 Å². The Balaban J connectivity index is 0. The molecule has 0 N–H and O–H groups in total. The van der Waals surface area contributed by atoms with Gasteiger partial charge in [-0.2, -0.15) is 12.6 Å². The lowest BCUT2D eigenvalue weighted by atomic mass is 9.77. The van der Waals surface area contributed by atoms with Crippen molar-refractivity contribution in [2.75, 3.05) is 0 Å². The zero-order chi connectivity index (χ0) is 13.6. The molecular weight excluding hydrogens is 212 g/mol. The molecule has 0 spiro atoms. The molecule has 100 valence electrons. The highest BCUT2D eigenvalue weighted by molar-refractivity contribution is 7.81. The van der Waals surface area contributed by atoms with Crippen LogP contribution in [0.2, 0.25) is 0 Å². The van der Waals surface area contributed by atoms with Crippen molar-refractivity contribution in [2.24, 2.45) is 17.3 Å². The van der Waals surface area contributed by atoms with Gasteiger partial charge in [0.15, 0.2) is 0 Å². The van der Waals surface area contributed by atoms with E-state index < -0.39 is 0 Å². The molecule has 2 unspecified atom stereocenters. The first kappa shape index (κ1) is 18.7. The zero-order valence-corrected chi connectivity index (χ0v) is 13.9. The van der Waals surface area contributed by atoms with Crippen LogP contribution < -0.4 is 0 Å². The van der Waals surface area contributed by atoms with Crippen molar-refractivity contribution in [1.29, 1.82) is 0 Å². The Bertz CT molecular complexity index is 139. The third-order valence-electron chi connectivity index (χ3n) is 3.72. The summed E-state index contributed by atoms with van der Waals surface area (Å²) >= 11 is 4.62. The summed E-state index contributed by atoms with van der Waals surface area (Å²) in [6.45, 7) is 20.1. The van der Waals surface area contributed by atoms with Crippen LogP contribution in [0.5, 0.6) is 0 Å². The van der Waals surface area contributed by atoms with E-state index in [9.17, 15) is 0 Å². The van der Waals surface area contributed by atoms with E-state index in [1.165, 1.54) is 12.8 Å². The van der Waals surface area contributed by atoms with Gasteiger partial charge in [-0.25, -0.2) is 0 Å². The molecule has 0 heterocycles. The third kappa shape index (κ3) is 8.50. The number of hydrogen-bond acceptors (Lipinski definition) is 1. The second-order valence-electron chi connectivity index (χ2n) is 6.40. The first-order valence-corrected chi connectivity index (χ1v) is 7.22. The average Bonchev–Trinajstić information content (AvgIpc) is 2.13. The Kier molecular flexibility index (Phi) is 8.92. The van der Waals surface area contributed by atoms with Gasteiger partial charge in [-0.1, -0.05) is 62.3 Å². The lowest BCUT2D eigenvalue weighted by Gasteiger charge is -2.31. The van der Waals surface area contributed by atoms with Gasteiger partial charge in [-0.15, -0.1) is 0 Å². The predicted octanol–water partition coefficient (Wildman–Crippen LogP) is 5.82. The van der Waals surface area contributed by atoms with Crippen LogP contribution in [0.25, 0.3) is 0 Å². The smallest absolute Gasteiger partial charge is 0.00987 e. The van der Waals surface area contributed by atoms with Crippen LogP contribution in [0, 0.1) is 17.3 Å². The quantitative estimate of drug-likeness (QED) is 0.594. The Morgan fingerprint density at radius 1 is 0.812 bits per heavy atom. The minimum absolute atomic E-state index is 0.164. The molecule has 0 saturated carbocycles. The van der Waals surface area contributed by atoms with Crippen molar-refractivity contribution < 1.29 is 0 Å². The zero-order valence-electron chi connectivity index (χ0n) is 13.0. The first-order valence-electron chi connectivity index (χ1n) is 6.77. The summed E-state index contributed by atoms with van der Waals surface area (Å²) in [6, 6.07) is 0. The third-order valence-corrected chi connectivity index (χ3v) is 4.16. The number of rotatable bonds is 4. The van der Waals surface area contributed by atoms with Crippen molar-refractivity contribution in [3.8, 4) is 0 Å². The van der Waals surface area contributed by atoms with Crippen molar-refractivity contribution >= 4 is 12.6 Å². The molecule has 0 nitrogen and oxygen atoms in total. The monoisotopic (exact) mass is 246 g/mol. The topological polar surface area (TPSA) is 0 Å². The fourth-order valence-corrected chi connectivity index (χ4v) is 1.42. The maximum atomic E-state index is 4.62. The molecule has 0 rings (SSSR count). The molecular formula is C15H34S. The largest absolute Gasteiger partial charge is 0.173 e. The normalized spacial score (nSPS) is 16.1. The molecule has 0 aliphatic rings. The van der Waals surface area contributed by atoms with Crippen molar-refractivity contribution in [3.63, 3.8) is 0 Å². The van der Waals surface area contributed by atoms with Gasteiger partial charge in [0.1, 0.15) is 0 Å². The minimum Gasteiger partial charge on any atom is -0.173 e. The van der Waals surface area contributed by atoms with Gasteiger partial charge in [0, 0.05) is 4.75 Å². The second-order valence-corrected chi connectivity index (χ2v) is 7.55. The van der Waals surface area contributed by atoms with Gasteiger partial charge in [-0.05, 0) is 30.1 Å². The van der Waals surface area contributed by atoms with Crippen LogP contribution in [-0.2, 0) is 0 Å². The molecule has 0 bridgehead atoms. The molecule has 0 radical (unpaired) electrons. The lowest BCUT2D eigenvalue weighted by Crippen LogP contribution is -2.24. The lowest BCUT2D eigenvalue weighted by molar-refractivity contribution is 0.226. The van der Waals surface area contributed by atoms with Crippen LogP contribution >= 0.6 is 12.6 Å². The highest BCUT2D eigenvalue weighted by atomic mass is 32.1. The van der Waals surface area contributed by atoms with E-state index in [0.29, 0.717) is 11.3 Å². The van der Waals surface area contributed by atoms with Crippen LogP contribution in [0.15, 0.2) is 0 Å². The van der Waals surface area contributed by atoms with Gasteiger partial charge in [-0.3, -0.25) is 0 Å². The van der Waals surface area contributed by atoms with Crippen LogP contribution in [0.1, 0.15) is 75.2 Å². The Hall–Kier alpha value is 0.350. The number of hydrogen-bond donors (Lipinski definition) is 1. The van der Waals surface area contributed by atoms with Gasteiger partial charge in [0.2, 0.25) is 0 Å². The second kappa shape index (κ2) is 7.63. The summed E-state index contributed by atoms with van der Waals surface area (Å²) in [6.07, 6.45) is 2.60. The van der Waals surface area contributed by atoms with E-state index in [4.69, 9.17) is 0 Å². The van der Waals surface area contributed by atoms with E-state index in [1.54, 1.807) is 0 Å². The maximum Gasteiger partial charge on any atom is 0.00987 e. The van der Waals surface area contributed by atoms with Gasteiger partial charge >= 0.3 is 0 Å². The van der Waals surface area contributed by atoms with Crippen LogP contribution in [0.3, 0.4) is 0 Å². The fraction of sp³-hybridized carbons (Fsp3) is 1.00. The van der Waals surface area contributed by atoms with Crippen molar-refractivity contribution in [1.82, 2.24) is 0 Å². The summed E-state index contributed by atoms with van der Waals surface area (Å²) < 4.78 is 0.164. The minimum atomic E-state index is 0.164. The summed E-state index contributed by atoms with van der Waals surface area (Å²) in [5, 5.41) is 0. The summed E-state index contributed by atoms with van der Waals surface area (Å²) in [7, 11) is 0. The van der Waals surface area contributed by atoms with Gasteiger partial charge in [0.25, 0.3) is 0 Å². The molecule has 2 atom stereocenters. The van der Waals surface area contributed by atoms with E-state index in [-0.39, 0.29) is 4.75 Å². The molecule has 1 heteroatoms. The van der Waals surface area contributed by atoms with E-state index in [2.05, 4.69) is 61.1 Å². The summed E-state index contributed by atoms with van der Waals surface area (Å²) in [5.74, 6) is 1.48. The van der Waals surface area contributed by atoms with Crippen LogP contribution in [0.4, 0.5) is 0 Å². The summed E-state index contributed by atoms with van der Waals surface area (Å²) in [5.41, 5.74) is 0.445. The highest BCUT2D eigenvalue weighted by Crippen LogP contribution is 2.33. The molecule has 0 amide bonds. The van der Waals surface area contributed by atoms with Gasteiger partial charge < -0.3 is 0 Å². The molecule has 16 heavy (non-hydrogen) atoms. The van der Waals surface area contributed by atoms with Crippen LogP contribution in [-0.4, -0.2) is 4.75 Å². The Labute approximate surface area is 110 Å². The molecule has 0 aromatic carbocycles. The Morgan fingerprint density at radius 2 is 1.12 bits per heavy atom. The molecule has 0 aromatic rings. The molecule has 0 aromatic heterocycles. The van der Waals surface area contributed by atoms with Crippen molar-refractivity contribution in [2.45, 2.75) is 79.9 Å². The molecule has 0 saturated heterocycles. The van der Waals surface area contributed by atoms with Crippen molar-refractivity contribution in [3.05, 3.63) is 0 Å². The molecule has 0 aliphatic heterocycles. The first-order chi connectivity index (χ1) is 7.05. The van der Waals surface area contributed by atoms with E-state index in [0.717, 1.165) is 5.92 Å². The highest BCUT2D eigenvalue weighted by Gasteiger charge is 2.24. The van der Waals surface area contributed by atoms with E-state index >= 15 is 0 Å².